The lowest BCUT2D eigenvalue weighted by molar-refractivity contribution is -0.124. The fourth-order valence-electron chi connectivity index (χ4n) is 1.59. The van der Waals surface area contributed by atoms with Gasteiger partial charge in [-0.3, -0.25) is 9.78 Å². The first-order valence-corrected chi connectivity index (χ1v) is 6.94. The Balaban J connectivity index is 1.79. The van der Waals surface area contributed by atoms with Crippen molar-refractivity contribution in [3.8, 4) is 0 Å². The Bertz CT molecular complexity index is 569. The average molecular weight is 290 g/mol. The number of pyridine rings is 1. The van der Waals surface area contributed by atoms with E-state index in [-0.39, 0.29) is 18.6 Å². The minimum atomic E-state index is -0.536. The minimum Gasteiger partial charge on any atom is -0.452 e. The molecule has 0 aliphatic carbocycles. The van der Waals surface area contributed by atoms with Crippen molar-refractivity contribution in [1.82, 2.24) is 10.3 Å². The quantitative estimate of drug-likeness (QED) is 0.857. The fraction of sp³-hybridized carbons (Fsp3) is 0.214. The van der Waals surface area contributed by atoms with Crippen molar-refractivity contribution >= 4 is 23.2 Å². The summed E-state index contributed by atoms with van der Waals surface area (Å²) in [5, 5.41) is 4.72. The topological polar surface area (TPSA) is 68.3 Å². The smallest absolute Gasteiger partial charge is 0.338 e. The number of nitrogens with one attached hydrogen (secondary N) is 1. The summed E-state index contributed by atoms with van der Waals surface area (Å²) in [6, 6.07) is 6.84. The Morgan fingerprint density at radius 3 is 2.75 bits per heavy atom. The van der Waals surface area contributed by atoms with E-state index in [4.69, 9.17) is 4.74 Å². The first kappa shape index (κ1) is 14.2. The molecule has 0 bridgehead atoms. The van der Waals surface area contributed by atoms with Gasteiger partial charge in [0.05, 0.1) is 11.6 Å². The van der Waals surface area contributed by atoms with E-state index in [1.807, 2.05) is 24.4 Å². The Labute approximate surface area is 120 Å². The van der Waals surface area contributed by atoms with Crippen molar-refractivity contribution in [2.75, 3.05) is 6.61 Å². The molecule has 1 N–H and O–H groups in total. The molecular formula is C14H14N2O3S. The summed E-state index contributed by atoms with van der Waals surface area (Å²) in [6.07, 6.45) is 2.99. The molecule has 0 saturated heterocycles. The summed E-state index contributed by atoms with van der Waals surface area (Å²) in [5.74, 6) is -0.861. The molecule has 0 unspecified atom stereocenters. The molecule has 2 rings (SSSR count). The van der Waals surface area contributed by atoms with Gasteiger partial charge in [0, 0.05) is 17.3 Å². The summed E-state index contributed by atoms with van der Waals surface area (Å²) in [5.41, 5.74) is 0.374. The zero-order chi connectivity index (χ0) is 14.4. The first-order chi connectivity index (χ1) is 9.66. The number of hydrogen-bond donors (Lipinski definition) is 1. The van der Waals surface area contributed by atoms with Crippen molar-refractivity contribution in [2.24, 2.45) is 0 Å². The summed E-state index contributed by atoms with van der Waals surface area (Å²) in [6.45, 7) is 1.59. The number of carbonyl (C=O) groups is 2. The third-order valence-electron chi connectivity index (χ3n) is 2.60. The molecule has 2 heterocycles. The molecule has 2 aromatic heterocycles. The van der Waals surface area contributed by atoms with Gasteiger partial charge in [-0.2, -0.15) is 0 Å². The normalized spacial score (nSPS) is 11.7. The number of carbonyl (C=O) groups excluding carboxylic acids is 2. The van der Waals surface area contributed by atoms with E-state index in [9.17, 15) is 9.59 Å². The van der Waals surface area contributed by atoms with Crippen LogP contribution in [0, 0.1) is 0 Å². The van der Waals surface area contributed by atoms with Crippen LogP contribution in [0.1, 0.15) is 28.2 Å². The minimum absolute atomic E-state index is 0.0953. The average Bonchev–Trinajstić information content (AvgIpc) is 3.00. The number of ether oxygens (including phenoxy) is 1. The van der Waals surface area contributed by atoms with Gasteiger partial charge in [-0.05, 0) is 30.5 Å². The third kappa shape index (κ3) is 3.89. The molecule has 6 heteroatoms. The van der Waals surface area contributed by atoms with Crippen molar-refractivity contribution in [2.45, 2.75) is 13.0 Å². The summed E-state index contributed by atoms with van der Waals surface area (Å²) >= 11 is 1.56. The van der Waals surface area contributed by atoms with Gasteiger partial charge in [-0.1, -0.05) is 6.07 Å². The number of amides is 1. The summed E-state index contributed by atoms with van der Waals surface area (Å²) < 4.78 is 4.93. The number of thiophene rings is 1. The lowest BCUT2D eigenvalue weighted by atomic mass is 10.3. The van der Waals surface area contributed by atoms with Gasteiger partial charge in [-0.25, -0.2) is 4.79 Å². The van der Waals surface area contributed by atoms with Crippen LogP contribution in [-0.4, -0.2) is 23.5 Å². The Hall–Kier alpha value is -2.21. The highest BCUT2D eigenvalue weighted by atomic mass is 32.1. The van der Waals surface area contributed by atoms with E-state index in [1.54, 1.807) is 11.3 Å². The molecule has 1 atom stereocenters. The van der Waals surface area contributed by atoms with Gasteiger partial charge in [0.25, 0.3) is 5.91 Å². The van der Waals surface area contributed by atoms with Crippen LogP contribution < -0.4 is 5.32 Å². The van der Waals surface area contributed by atoms with Crippen molar-refractivity contribution < 1.29 is 14.3 Å². The molecule has 20 heavy (non-hydrogen) atoms. The number of aromatic nitrogens is 1. The van der Waals surface area contributed by atoms with Gasteiger partial charge >= 0.3 is 5.97 Å². The zero-order valence-electron chi connectivity index (χ0n) is 10.9. The van der Waals surface area contributed by atoms with Crippen LogP contribution in [0.15, 0.2) is 42.0 Å². The fourth-order valence-corrected chi connectivity index (χ4v) is 2.33. The molecule has 1 amide bonds. The summed E-state index contributed by atoms with van der Waals surface area (Å²) in [4.78, 5) is 28.2. The summed E-state index contributed by atoms with van der Waals surface area (Å²) in [7, 11) is 0. The van der Waals surface area contributed by atoms with Crippen LogP contribution >= 0.6 is 11.3 Å². The van der Waals surface area contributed by atoms with E-state index in [0.29, 0.717) is 5.56 Å². The van der Waals surface area contributed by atoms with Crippen molar-refractivity contribution in [3.63, 3.8) is 0 Å². The van der Waals surface area contributed by atoms with Crippen LogP contribution in [0.2, 0.25) is 0 Å². The molecule has 0 saturated carbocycles. The zero-order valence-corrected chi connectivity index (χ0v) is 11.7. The van der Waals surface area contributed by atoms with Gasteiger partial charge in [0.1, 0.15) is 0 Å². The predicted molar refractivity (Wildman–Crippen MR) is 75.4 cm³/mol. The number of hydrogen-bond acceptors (Lipinski definition) is 5. The van der Waals surface area contributed by atoms with Crippen LogP contribution in [0.4, 0.5) is 0 Å². The van der Waals surface area contributed by atoms with Gasteiger partial charge < -0.3 is 10.1 Å². The molecule has 2 aromatic rings. The molecule has 0 aliphatic rings. The van der Waals surface area contributed by atoms with Crippen molar-refractivity contribution in [3.05, 3.63) is 52.5 Å². The SMILES string of the molecule is C[C@@H](NC(=O)COC(=O)c1ccncc1)c1cccs1. The Kier molecular flexibility index (Phi) is 4.84. The van der Waals surface area contributed by atoms with Crippen LogP contribution in [-0.2, 0) is 9.53 Å². The highest BCUT2D eigenvalue weighted by Gasteiger charge is 2.13. The second-order valence-corrected chi connectivity index (χ2v) is 5.10. The number of esters is 1. The highest BCUT2D eigenvalue weighted by Crippen LogP contribution is 2.17. The van der Waals surface area contributed by atoms with Gasteiger partial charge in [0.15, 0.2) is 6.61 Å². The number of rotatable bonds is 5. The van der Waals surface area contributed by atoms with Crippen LogP contribution in [0.5, 0.6) is 0 Å². The third-order valence-corrected chi connectivity index (χ3v) is 3.65. The standard InChI is InChI=1S/C14H14N2O3S/c1-10(12-3-2-8-20-12)16-13(17)9-19-14(18)11-4-6-15-7-5-11/h2-8,10H,9H2,1H3,(H,16,17)/t10-/m1/s1. The maximum absolute atomic E-state index is 11.7. The van der Waals surface area contributed by atoms with Crippen LogP contribution in [0.25, 0.3) is 0 Å². The highest BCUT2D eigenvalue weighted by molar-refractivity contribution is 7.10. The van der Waals surface area contributed by atoms with Crippen LogP contribution in [0.3, 0.4) is 0 Å². The molecule has 0 radical (unpaired) electrons. The largest absolute Gasteiger partial charge is 0.452 e. The molecule has 0 fully saturated rings. The van der Waals surface area contributed by atoms with E-state index < -0.39 is 5.97 Å². The Morgan fingerprint density at radius 1 is 1.35 bits per heavy atom. The maximum Gasteiger partial charge on any atom is 0.338 e. The van der Waals surface area contributed by atoms with E-state index in [1.165, 1.54) is 24.5 Å². The first-order valence-electron chi connectivity index (χ1n) is 6.06. The number of nitrogens with zero attached hydrogens (tertiary/aromatic N) is 1. The lowest BCUT2D eigenvalue weighted by Gasteiger charge is -2.12. The monoisotopic (exact) mass is 290 g/mol. The van der Waals surface area contributed by atoms with E-state index in [2.05, 4.69) is 10.3 Å². The molecule has 104 valence electrons. The van der Waals surface area contributed by atoms with E-state index >= 15 is 0 Å². The Morgan fingerprint density at radius 2 is 2.10 bits per heavy atom. The predicted octanol–water partition coefficient (Wildman–Crippen LogP) is 2.18. The van der Waals surface area contributed by atoms with Gasteiger partial charge in [0.2, 0.25) is 0 Å². The molecule has 0 aliphatic heterocycles. The molecule has 5 nitrogen and oxygen atoms in total. The van der Waals surface area contributed by atoms with Gasteiger partial charge in [-0.15, -0.1) is 11.3 Å². The molecular weight excluding hydrogens is 276 g/mol. The second kappa shape index (κ2) is 6.81. The van der Waals surface area contributed by atoms with E-state index in [0.717, 1.165) is 4.88 Å². The lowest BCUT2D eigenvalue weighted by Crippen LogP contribution is -2.30. The maximum atomic E-state index is 11.7. The molecule has 0 spiro atoms. The molecule has 0 aromatic carbocycles. The second-order valence-electron chi connectivity index (χ2n) is 4.12. The van der Waals surface area contributed by atoms with Crippen molar-refractivity contribution in [1.29, 1.82) is 0 Å².